The van der Waals surface area contributed by atoms with E-state index in [4.69, 9.17) is 12.2 Å². The minimum absolute atomic E-state index is 0.139. The zero-order chi connectivity index (χ0) is 20.3. The van der Waals surface area contributed by atoms with Crippen molar-refractivity contribution in [3.8, 4) is 0 Å². The average Bonchev–Trinajstić information content (AvgIpc) is 2.91. The number of amides is 2. The number of nitrogens with zero attached hydrogens (tertiary/aromatic N) is 1. The summed E-state index contributed by atoms with van der Waals surface area (Å²) < 4.78 is 0.488. The molecule has 0 unspecified atom stereocenters. The fraction of sp³-hybridized carbons (Fsp3) is 0.227. The van der Waals surface area contributed by atoms with E-state index in [9.17, 15) is 9.59 Å². The van der Waals surface area contributed by atoms with Crippen molar-refractivity contribution in [2.45, 2.75) is 27.2 Å². The number of nitrogens with one attached hydrogen (secondary N) is 1. The molecule has 1 N–H and O–H groups in total. The fourth-order valence-electron chi connectivity index (χ4n) is 2.76. The van der Waals surface area contributed by atoms with E-state index in [1.165, 1.54) is 27.8 Å². The van der Waals surface area contributed by atoms with Crippen molar-refractivity contribution in [2.24, 2.45) is 0 Å². The summed E-state index contributed by atoms with van der Waals surface area (Å²) in [5.41, 5.74) is 5.18. The maximum absolute atomic E-state index is 12.7. The number of carbonyl (C=O) groups excluding carboxylic acids is 2. The van der Waals surface area contributed by atoms with Crippen molar-refractivity contribution in [1.82, 2.24) is 4.90 Å². The molecule has 0 spiro atoms. The minimum atomic E-state index is -0.144. The van der Waals surface area contributed by atoms with Gasteiger partial charge in [0.15, 0.2) is 0 Å². The highest BCUT2D eigenvalue weighted by Gasteiger charge is 2.32. The molecule has 2 aromatic carbocycles. The highest BCUT2D eigenvalue weighted by Crippen LogP contribution is 2.32. The quantitative estimate of drug-likeness (QED) is 0.566. The zero-order valence-corrected chi connectivity index (χ0v) is 17.7. The average molecular weight is 411 g/mol. The molecule has 2 aromatic rings. The van der Waals surface area contributed by atoms with Crippen molar-refractivity contribution in [3.63, 3.8) is 0 Å². The van der Waals surface area contributed by atoms with Crippen molar-refractivity contribution in [1.29, 1.82) is 0 Å². The van der Waals surface area contributed by atoms with Gasteiger partial charge >= 0.3 is 0 Å². The first-order valence-corrected chi connectivity index (χ1v) is 10.2. The second kappa shape index (κ2) is 8.71. The lowest BCUT2D eigenvalue weighted by Gasteiger charge is -2.14. The number of thiocarbonyl (C=S) groups is 1. The van der Waals surface area contributed by atoms with E-state index in [2.05, 4.69) is 5.32 Å². The number of anilines is 1. The molecule has 0 bridgehead atoms. The molecular weight excluding hydrogens is 388 g/mol. The lowest BCUT2D eigenvalue weighted by molar-refractivity contribution is -0.122. The molecule has 0 aliphatic carbocycles. The smallest absolute Gasteiger partial charge is 0.266 e. The van der Waals surface area contributed by atoms with Gasteiger partial charge in [0.1, 0.15) is 4.32 Å². The molecule has 1 aliphatic heterocycles. The zero-order valence-electron chi connectivity index (χ0n) is 16.1. The predicted octanol–water partition coefficient (Wildman–Crippen LogP) is 4.84. The van der Waals surface area contributed by atoms with Crippen molar-refractivity contribution in [2.75, 3.05) is 11.9 Å². The maximum Gasteiger partial charge on any atom is 0.266 e. The van der Waals surface area contributed by atoms with Crippen LogP contribution in [-0.2, 0) is 9.59 Å². The molecule has 0 radical (unpaired) electrons. The summed E-state index contributed by atoms with van der Waals surface area (Å²) >= 11 is 6.62. The SMILES string of the molecule is Cc1ccc(C=C2SC(=S)N(CCC(=O)Nc3ccc(C)c(C)c3)C2=O)cc1. The molecule has 28 heavy (non-hydrogen) atoms. The molecule has 2 amide bonds. The fourth-order valence-corrected chi connectivity index (χ4v) is 4.07. The van der Waals surface area contributed by atoms with Gasteiger partial charge in [0.2, 0.25) is 5.91 Å². The highest BCUT2D eigenvalue weighted by atomic mass is 32.2. The largest absolute Gasteiger partial charge is 0.326 e. The van der Waals surface area contributed by atoms with Gasteiger partial charge in [-0.15, -0.1) is 0 Å². The summed E-state index contributed by atoms with van der Waals surface area (Å²) in [6.45, 7) is 6.32. The van der Waals surface area contributed by atoms with E-state index in [1.54, 1.807) is 0 Å². The van der Waals surface area contributed by atoms with Gasteiger partial charge in [-0.1, -0.05) is 59.9 Å². The third-order valence-electron chi connectivity index (χ3n) is 4.60. The molecular formula is C22H22N2O2S2. The topological polar surface area (TPSA) is 49.4 Å². The second-order valence-corrected chi connectivity index (χ2v) is 8.52. The van der Waals surface area contributed by atoms with Gasteiger partial charge in [0.25, 0.3) is 5.91 Å². The Bertz CT molecular complexity index is 965. The van der Waals surface area contributed by atoms with E-state index in [0.717, 1.165) is 16.8 Å². The van der Waals surface area contributed by atoms with Crippen LogP contribution in [0, 0.1) is 20.8 Å². The summed E-state index contributed by atoms with van der Waals surface area (Å²) in [5.74, 6) is -0.283. The van der Waals surface area contributed by atoms with Crippen LogP contribution in [0.1, 0.15) is 28.7 Å². The summed E-state index contributed by atoms with van der Waals surface area (Å²) in [5, 5.41) is 2.88. The maximum atomic E-state index is 12.7. The van der Waals surface area contributed by atoms with E-state index < -0.39 is 0 Å². The number of carbonyl (C=O) groups is 2. The van der Waals surface area contributed by atoms with Gasteiger partial charge in [-0.05, 0) is 55.7 Å². The minimum Gasteiger partial charge on any atom is -0.326 e. The number of rotatable bonds is 5. The van der Waals surface area contributed by atoms with Gasteiger partial charge in [0, 0.05) is 18.7 Å². The summed E-state index contributed by atoms with van der Waals surface area (Å²) in [6.07, 6.45) is 2.03. The van der Waals surface area contributed by atoms with Gasteiger partial charge in [-0.25, -0.2) is 0 Å². The highest BCUT2D eigenvalue weighted by molar-refractivity contribution is 8.26. The van der Waals surface area contributed by atoms with Crippen LogP contribution in [0.2, 0.25) is 0 Å². The van der Waals surface area contributed by atoms with Gasteiger partial charge in [-0.3, -0.25) is 14.5 Å². The van der Waals surface area contributed by atoms with Crippen LogP contribution in [0.4, 0.5) is 5.69 Å². The number of aryl methyl sites for hydroxylation is 3. The van der Waals surface area contributed by atoms with E-state index in [-0.39, 0.29) is 24.8 Å². The molecule has 0 atom stereocenters. The Morgan fingerprint density at radius 3 is 2.50 bits per heavy atom. The molecule has 0 aromatic heterocycles. The first-order chi connectivity index (χ1) is 13.3. The van der Waals surface area contributed by atoms with Crippen LogP contribution >= 0.6 is 24.0 Å². The van der Waals surface area contributed by atoms with Crippen LogP contribution in [0.3, 0.4) is 0 Å². The van der Waals surface area contributed by atoms with Crippen LogP contribution in [0.15, 0.2) is 47.4 Å². The summed E-state index contributed by atoms with van der Waals surface area (Å²) in [7, 11) is 0. The first kappa shape index (κ1) is 20.3. The standard InChI is InChI=1S/C22H22N2O2S2/c1-14-4-7-17(8-5-14)13-19-21(26)24(22(27)28-19)11-10-20(25)23-18-9-6-15(2)16(3)12-18/h4-9,12-13H,10-11H2,1-3H3,(H,23,25). The van der Waals surface area contributed by atoms with E-state index in [1.807, 2.05) is 69.3 Å². The number of hydrogen-bond acceptors (Lipinski definition) is 4. The number of benzene rings is 2. The Balaban J connectivity index is 1.60. The Kier molecular flexibility index (Phi) is 6.31. The lowest BCUT2D eigenvalue weighted by Crippen LogP contribution is -2.31. The molecule has 3 rings (SSSR count). The Morgan fingerprint density at radius 2 is 1.82 bits per heavy atom. The molecule has 1 heterocycles. The molecule has 1 fully saturated rings. The Labute approximate surface area is 175 Å². The van der Waals surface area contributed by atoms with E-state index in [0.29, 0.717) is 9.23 Å². The molecule has 1 saturated heterocycles. The molecule has 4 nitrogen and oxygen atoms in total. The molecule has 6 heteroatoms. The monoisotopic (exact) mass is 410 g/mol. The third-order valence-corrected chi connectivity index (χ3v) is 5.98. The summed E-state index contributed by atoms with van der Waals surface area (Å²) in [6, 6.07) is 13.7. The van der Waals surface area contributed by atoms with Crippen molar-refractivity contribution in [3.05, 3.63) is 69.6 Å². The van der Waals surface area contributed by atoms with E-state index >= 15 is 0 Å². The Morgan fingerprint density at radius 1 is 1.11 bits per heavy atom. The van der Waals surface area contributed by atoms with Gasteiger partial charge < -0.3 is 5.32 Å². The van der Waals surface area contributed by atoms with Crippen LogP contribution in [-0.4, -0.2) is 27.6 Å². The molecule has 1 aliphatic rings. The number of hydrogen-bond donors (Lipinski definition) is 1. The van der Waals surface area contributed by atoms with Crippen LogP contribution in [0.5, 0.6) is 0 Å². The van der Waals surface area contributed by atoms with Crippen LogP contribution < -0.4 is 5.32 Å². The number of thioether (sulfide) groups is 1. The summed E-state index contributed by atoms with van der Waals surface area (Å²) in [4.78, 5) is 27.0. The second-order valence-electron chi connectivity index (χ2n) is 6.84. The van der Waals surface area contributed by atoms with Gasteiger partial charge in [0.05, 0.1) is 4.91 Å². The molecule has 0 saturated carbocycles. The third kappa shape index (κ3) is 4.88. The molecule has 144 valence electrons. The Hall–Kier alpha value is -2.44. The normalized spacial score (nSPS) is 15.4. The first-order valence-electron chi connectivity index (χ1n) is 9.02. The van der Waals surface area contributed by atoms with Crippen molar-refractivity contribution < 1.29 is 9.59 Å². The predicted molar refractivity (Wildman–Crippen MR) is 120 cm³/mol. The van der Waals surface area contributed by atoms with Gasteiger partial charge in [-0.2, -0.15) is 0 Å². The van der Waals surface area contributed by atoms with Crippen LogP contribution in [0.25, 0.3) is 6.08 Å². The van der Waals surface area contributed by atoms with Crippen molar-refractivity contribution >= 4 is 51.9 Å². The lowest BCUT2D eigenvalue weighted by atomic mass is 10.1.